The molecular weight excluding hydrogens is 486 g/mol. The molecule has 0 N–H and O–H groups in total. The SMILES string of the molecule is COC1CCC(C[P+](c2ccccc2)(c2ccccc2)c2ccccc2)CC1.I. The van der Waals surface area contributed by atoms with Crippen molar-refractivity contribution in [1.29, 1.82) is 0 Å². The molecule has 0 heterocycles. The van der Waals surface area contributed by atoms with Crippen LogP contribution in [0.4, 0.5) is 0 Å². The summed E-state index contributed by atoms with van der Waals surface area (Å²) in [4.78, 5) is 0. The van der Waals surface area contributed by atoms with E-state index >= 15 is 0 Å². The third kappa shape index (κ3) is 4.93. The lowest BCUT2D eigenvalue weighted by molar-refractivity contribution is 0.0598. The van der Waals surface area contributed by atoms with Crippen LogP contribution in [-0.2, 0) is 4.74 Å². The fourth-order valence-corrected chi connectivity index (χ4v) is 9.46. The van der Waals surface area contributed by atoms with E-state index in [9.17, 15) is 0 Å². The molecule has 3 aromatic carbocycles. The molecule has 1 fully saturated rings. The van der Waals surface area contributed by atoms with Crippen LogP contribution < -0.4 is 15.9 Å². The van der Waals surface area contributed by atoms with Gasteiger partial charge in [0.05, 0.1) is 12.3 Å². The second-order valence-corrected chi connectivity index (χ2v) is 11.4. The van der Waals surface area contributed by atoms with Crippen LogP contribution in [0.5, 0.6) is 0 Å². The third-order valence-corrected chi connectivity index (χ3v) is 10.9. The third-order valence-electron chi connectivity index (χ3n) is 6.25. The Balaban J connectivity index is 0.00000240. The van der Waals surface area contributed by atoms with Gasteiger partial charge in [-0.1, -0.05) is 54.6 Å². The molecule has 0 spiro atoms. The fourth-order valence-electron chi connectivity index (χ4n) is 4.75. The summed E-state index contributed by atoms with van der Waals surface area (Å²) in [6, 6.07) is 33.8. The van der Waals surface area contributed by atoms with E-state index in [0.717, 1.165) is 5.92 Å². The van der Waals surface area contributed by atoms with Crippen LogP contribution in [0.15, 0.2) is 91.0 Å². The van der Waals surface area contributed by atoms with Crippen molar-refractivity contribution >= 4 is 47.2 Å². The maximum atomic E-state index is 5.63. The monoisotopic (exact) mass is 517 g/mol. The maximum Gasteiger partial charge on any atom is 0.112 e. The highest BCUT2D eigenvalue weighted by Crippen LogP contribution is 2.57. The van der Waals surface area contributed by atoms with E-state index in [1.54, 1.807) is 0 Å². The molecule has 152 valence electrons. The van der Waals surface area contributed by atoms with Crippen LogP contribution >= 0.6 is 31.2 Å². The number of rotatable bonds is 6. The molecule has 29 heavy (non-hydrogen) atoms. The van der Waals surface area contributed by atoms with Crippen molar-refractivity contribution in [2.24, 2.45) is 5.92 Å². The summed E-state index contributed by atoms with van der Waals surface area (Å²) in [6.45, 7) is 0. The number of methoxy groups -OCH3 is 1. The molecule has 0 unspecified atom stereocenters. The molecule has 1 aliphatic carbocycles. The van der Waals surface area contributed by atoms with Crippen molar-refractivity contribution < 1.29 is 4.74 Å². The predicted octanol–water partition coefficient (Wildman–Crippen LogP) is 5.80. The van der Waals surface area contributed by atoms with Crippen LogP contribution in [0, 0.1) is 5.92 Å². The van der Waals surface area contributed by atoms with Gasteiger partial charge in [-0.15, -0.1) is 24.0 Å². The van der Waals surface area contributed by atoms with E-state index in [-0.39, 0.29) is 24.0 Å². The Morgan fingerprint density at radius 3 is 1.38 bits per heavy atom. The van der Waals surface area contributed by atoms with Crippen LogP contribution in [0.2, 0.25) is 0 Å². The van der Waals surface area contributed by atoms with Crippen molar-refractivity contribution in [1.82, 2.24) is 0 Å². The van der Waals surface area contributed by atoms with E-state index in [1.165, 1.54) is 47.8 Å². The summed E-state index contributed by atoms with van der Waals surface area (Å²) in [5.41, 5.74) is 0. The molecule has 0 atom stereocenters. The minimum absolute atomic E-state index is 0. The van der Waals surface area contributed by atoms with Crippen LogP contribution in [0.1, 0.15) is 25.7 Å². The zero-order valence-electron chi connectivity index (χ0n) is 17.1. The molecule has 1 aliphatic rings. The topological polar surface area (TPSA) is 9.23 Å². The summed E-state index contributed by atoms with van der Waals surface area (Å²) in [7, 11) is 0.171. The molecule has 0 aliphatic heterocycles. The Labute approximate surface area is 193 Å². The van der Waals surface area contributed by atoms with Gasteiger partial charge in [0.15, 0.2) is 0 Å². The smallest absolute Gasteiger partial charge is 0.112 e. The first-order chi connectivity index (χ1) is 13.8. The Bertz CT molecular complexity index is 749. The van der Waals surface area contributed by atoms with Gasteiger partial charge in [0, 0.05) is 7.11 Å². The largest absolute Gasteiger partial charge is 0.381 e. The lowest BCUT2D eigenvalue weighted by Crippen LogP contribution is -2.36. The minimum atomic E-state index is -1.69. The molecule has 0 aromatic heterocycles. The second kappa shape index (κ2) is 10.7. The molecule has 0 saturated heterocycles. The highest BCUT2D eigenvalue weighted by atomic mass is 127. The van der Waals surface area contributed by atoms with Gasteiger partial charge >= 0.3 is 0 Å². The highest BCUT2D eigenvalue weighted by Gasteiger charge is 2.47. The predicted molar refractivity (Wildman–Crippen MR) is 138 cm³/mol. The fraction of sp³-hybridized carbons (Fsp3) is 0.308. The zero-order valence-corrected chi connectivity index (χ0v) is 20.3. The summed E-state index contributed by atoms with van der Waals surface area (Å²) in [5.74, 6) is 0.750. The van der Waals surface area contributed by atoms with E-state index < -0.39 is 7.26 Å². The minimum Gasteiger partial charge on any atom is -0.381 e. The Morgan fingerprint density at radius 1 is 0.655 bits per heavy atom. The van der Waals surface area contributed by atoms with Gasteiger partial charge in [-0.05, 0) is 68.0 Å². The van der Waals surface area contributed by atoms with Crippen molar-refractivity contribution in [2.45, 2.75) is 31.8 Å². The molecule has 3 aromatic rings. The standard InChI is InChI=1S/C26H30OP.HI/c1-27-23-19-17-22(18-20-23)21-28(24-11-5-2-6-12-24,25-13-7-3-8-14-25)26-15-9-4-10-16-26;/h2-16,22-23H,17-21H2,1H3;1H/q+1;. The van der Waals surface area contributed by atoms with Crippen LogP contribution in [-0.4, -0.2) is 19.4 Å². The number of halogens is 1. The summed E-state index contributed by atoms with van der Waals surface area (Å²) >= 11 is 0. The van der Waals surface area contributed by atoms with Crippen molar-refractivity contribution in [3.8, 4) is 0 Å². The summed E-state index contributed by atoms with van der Waals surface area (Å²) < 4.78 is 5.63. The average molecular weight is 517 g/mol. The molecule has 0 radical (unpaired) electrons. The van der Waals surface area contributed by atoms with Crippen LogP contribution in [0.3, 0.4) is 0 Å². The molecular formula is C26H31IOP+. The zero-order chi connectivity index (χ0) is 19.2. The normalized spacial score (nSPS) is 19.3. The first kappa shape index (κ1) is 22.5. The Kier molecular flexibility index (Phi) is 8.29. The highest BCUT2D eigenvalue weighted by molar-refractivity contribution is 14.0. The van der Waals surface area contributed by atoms with Gasteiger partial charge in [-0.25, -0.2) is 0 Å². The van der Waals surface area contributed by atoms with E-state index in [0.29, 0.717) is 6.10 Å². The lowest BCUT2D eigenvalue weighted by atomic mass is 9.89. The lowest BCUT2D eigenvalue weighted by Gasteiger charge is -2.34. The number of benzene rings is 3. The molecule has 1 nitrogen and oxygen atoms in total. The molecule has 4 rings (SSSR count). The van der Waals surface area contributed by atoms with Gasteiger partial charge in [-0.3, -0.25) is 0 Å². The van der Waals surface area contributed by atoms with Gasteiger partial charge < -0.3 is 4.74 Å². The molecule has 0 bridgehead atoms. The van der Waals surface area contributed by atoms with Crippen LogP contribution in [0.25, 0.3) is 0 Å². The number of ether oxygens (including phenoxy) is 1. The summed E-state index contributed by atoms with van der Waals surface area (Å²) in [6.07, 6.45) is 6.63. The van der Waals surface area contributed by atoms with Gasteiger partial charge in [0.1, 0.15) is 23.2 Å². The number of hydrogen-bond acceptors (Lipinski definition) is 1. The summed E-state index contributed by atoms with van der Waals surface area (Å²) in [5, 5.41) is 4.50. The van der Waals surface area contributed by atoms with Crippen molar-refractivity contribution in [3.63, 3.8) is 0 Å². The van der Waals surface area contributed by atoms with E-state index in [4.69, 9.17) is 4.74 Å². The Hall–Kier alpha value is -1.22. The second-order valence-electron chi connectivity index (χ2n) is 7.88. The first-order valence-electron chi connectivity index (χ1n) is 10.4. The molecule has 3 heteroatoms. The maximum absolute atomic E-state index is 5.63. The van der Waals surface area contributed by atoms with Crippen molar-refractivity contribution in [2.75, 3.05) is 13.3 Å². The Morgan fingerprint density at radius 2 is 1.03 bits per heavy atom. The first-order valence-corrected chi connectivity index (χ1v) is 12.4. The van der Waals surface area contributed by atoms with Gasteiger partial charge in [0.2, 0.25) is 0 Å². The van der Waals surface area contributed by atoms with E-state index in [1.807, 2.05) is 7.11 Å². The van der Waals surface area contributed by atoms with Gasteiger partial charge in [-0.2, -0.15) is 0 Å². The average Bonchev–Trinajstić information content (AvgIpc) is 2.80. The quantitative estimate of drug-likeness (QED) is 0.297. The molecule has 1 saturated carbocycles. The molecule has 0 amide bonds. The van der Waals surface area contributed by atoms with Gasteiger partial charge in [0.25, 0.3) is 0 Å². The van der Waals surface area contributed by atoms with E-state index in [2.05, 4.69) is 91.0 Å². The van der Waals surface area contributed by atoms with Crippen molar-refractivity contribution in [3.05, 3.63) is 91.0 Å². The number of hydrogen-bond donors (Lipinski definition) is 0.